The molecule has 0 aliphatic carbocycles. The number of methoxy groups -OCH3 is 2. The number of hydrogen-bond donors (Lipinski definition) is 1. The number of ether oxygens (including phenoxy) is 3. The van der Waals surface area contributed by atoms with Gasteiger partial charge in [0.25, 0.3) is 0 Å². The molecule has 1 unspecified atom stereocenters. The number of β-amino-alcohol motifs (C(OH)–C–C–N with tert-alkyl or cyclic N) is 1. The Kier molecular flexibility index (Phi) is 8.87. The van der Waals surface area contributed by atoms with Crippen LogP contribution in [0.3, 0.4) is 0 Å². The number of aliphatic hydroxyl groups is 1. The topological polar surface area (TPSA) is 54.4 Å². The lowest BCUT2D eigenvalue weighted by Crippen LogP contribution is -2.49. The molecule has 4 rings (SSSR count). The fourth-order valence-electron chi connectivity index (χ4n) is 4.56. The minimum absolute atomic E-state index is 0.281. The highest BCUT2D eigenvalue weighted by atomic mass is 16.5. The highest BCUT2D eigenvalue weighted by Crippen LogP contribution is 2.28. The summed E-state index contributed by atoms with van der Waals surface area (Å²) in [5, 5.41) is 10.7. The van der Waals surface area contributed by atoms with Crippen LogP contribution in [0.2, 0.25) is 0 Å². The fraction of sp³-hybridized carbons (Fsp3) is 0.379. The Labute approximate surface area is 208 Å². The first-order chi connectivity index (χ1) is 17.2. The van der Waals surface area contributed by atoms with E-state index < -0.39 is 6.10 Å². The van der Waals surface area contributed by atoms with Gasteiger partial charge in [-0.05, 0) is 54.3 Å². The van der Waals surface area contributed by atoms with Crippen molar-refractivity contribution in [1.82, 2.24) is 4.90 Å². The van der Waals surface area contributed by atoms with Crippen LogP contribution in [-0.4, -0.2) is 69.7 Å². The van der Waals surface area contributed by atoms with Crippen molar-refractivity contribution >= 4 is 5.69 Å². The van der Waals surface area contributed by atoms with Crippen LogP contribution in [-0.2, 0) is 12.8 Å². The third-order valence-corrected chi connectivity index (χ3v) is 6.49. The first kappa shape index (κ1) is 24.9. The number of anilines is 1. The SMILES string of the molecule is COc1cccc(CCc2ccccc2OCC(O)CN2CCN(c3ccccc3OC)CC2)c1. The summed E-state index contributed by atoms with van der Waals surface area (Å²) in [5.74, 6) is 2.62. The highest BCUT2D eigenvalue weighted by Gasteiger charge is 2.21. The van der Waals surface area contributed by atoms with Gasteiger partial charge in [-0.25, -0.2) is 0 Å². The normalized spacial score (nSPS) is 15.0. The molecule has 1 saturated heterocycles. The molecule has 0 radical (unpaired) electrons. The maximum absolute atomic E-state index is 10.7. The molecule has 186 valence electrons. The molecule has 1 aliphatic heterocycles. The van der Waals surface area contributed by atoms with E-state index in [0.29, 0.717) is 6.54 Å². The quantitative estimate of drug-likeness (QED) is 0.451. The van der Waals surface area contributed by atoms with Gasteiger partial charge in [0.2, 0.25) is 0 Å². The molecular formula is C29H36N2O4. The van der Waals surface area contributed by atoms with E-state index in [-0.39, 0.29) is 6.61 Å². The van der Waals surface area contributed by atoms with Gasteiger partial charge in [0.1, 0.15) is 30.0 Å². The Morgan fingerprint density at radius 3 is 2.31 bits per heavy atom. The van der Waals surface area contributed by atoms with Gasteiger partial charge in [-0.1, -0.05) is 42.5 Å². The molecule has 35 heavy (non-hydrogen) atoms. The molecule has 3 aromatic rings. The molecule has 0 amide bonds. The summed E-state index contributed by atoms with van der Waals surface area (Å²) in [6.45, 7) is 4.48. The molecule has 1 aliphatic rings. The number of nitrogens with zero attached hydrogens (tertiary/aromatic N) is 2. The summed E-state index contributed by atoms with van der Waals surface area (Å²) in [6, 6.07) is 24.4. The second kappa shape index (κ2) is 12.5. The first-order valence-electron chi connectivity index (χ1n) is 12.3. The molecule has 6 nitrogen and oxygen atoms in total. The number of piperazine rings is 1. The molecule has 0 saturated carbocycles. The minimum atomic E-state index is -0.542. The Morgan fingerprint density at radius 2 is 1.54 bits per heavy atom. The molecule has 1 N–H and O–H groups in total. The van der Waals surface area contributed by atoms with Crippen molar-refractivity contribution in [3.05, 3.63) is 83.9 Å². The van der Waals surface area contributed by atoms with E-state index in [1.165, 1.54) is 5.56 Å². The second-order valence-electron chi connectivity index (χ2n) is 8.88. The average Bonchev–Trinajstić information content (AvgIpc) is 2.91. The highest BCUT2D eigenvalue weighted by molar-refractivity contribution is 5.58. The van der Waals surface area contributed by atoms with Crippen molar-refractivity contribution in [2.24, 2.45) is 0 Å². The number of benzene rings is 3. The van der Waals surface area contributed by atoms with Crippen LogP contribution in [0, 0.1) is 0 Å². The molecule has 6 heteroatoms. The fourth-order valence-corrected chi connectivity index (χ4v) is 4.56. The Bertz CT molecular complexity index is 1070. The smallest absolute Gasteiger partial charge is 0.142 e. The third kappa shape index (κ3) is 6.90. The second-order valence-corrected chi connectivity index (χ2v) is 8.88. The molecule has 1 heterocycles. The molecular weight excluding hydrogens is 440 g/mol. The van der Waals surface area contributed by atoms with E-state index in [1.807, 2.05) is 48.5 Å². The van der Waals surface area contributed by atoms with E-state index in [9.17, 15) is 5.11 Å². The van der Waals surface area contributed by atoms with Crippen LogP contribution in [0.15, 0.2) is 72.8 Å². The van der Waals surface area contributed by atoms with Crippen LogP contribution >= 0.6 is 0 Å². The third-order valence-electron chi connectivity index (χ3n) is 6.49. The van der Waals surface area contributed by atoms with Crippen molar-refractivity contribution in [3.8, 4) is 17.2 Å². The monoisotopic (exact) mass is 476 g/mol. The summed E-state index contributed by atoms with van der Waals surface area (Å²) in [5.41, 5.74) is 3.50. The van der Waals surface area contributed by atoms with E-state index in [1.54, 1.807) is 14.2 Å². The van der Waals surface area contributed by atoms with Gasteiger partial charge in [0, 0.05) is 32.7 Å². The van der Waals surface area contributed by atoms with Crippen LogP contribution in [0.5, 0.6) is 17.2 Å². The Hall–Kier alpha value is -3.22. The maximum Gasteiger partial charge on any atom is 0.142 e. The van der Waals surface area contributed by atoms with E-state index >= 15 is 0 Å². The molecule has 0 spiro atoms. The summed E-state index contributed by atoms with van der Waals surface area (Å²) in [6.07, 6.45) is 1.22. The number of aryl methyl sites for hydroxylation is 2. The zero-order valence-electron chi connectivity index (χ0n) is 20.7. The van der Waals surface area contributed by atoms with Gasteiger partial charge < -0.3 is 24.2 Å². The van der Waals surface area contributed by atoms with E-state index in [4.69, 9.17) is 14.2 Å². The lowest BCUT2D eigenvalue weighted by molar-refractivity contribution is 0.0659. The molecule has 1 atom stereocenters. The van der Waals surface area contributed by atoms with Crippen LogP contribution in [0.25, 0.3) is 0 Å². The average molecular weight is 477 g/mol. The van der Waals surface area contributed by atoms with Gasteiger partial charge >= 0.3 is 0 Å². The van der Waals surface area contributed by atoms with Crippen LogP contribution in [0.4, 0.5) is 5.69 Å². The first-order valence-corrected chi connectivity index (χ1v) is 12.3. The van der Waals surface area contributed by atoms with Gasteiger partial charge in [0.05, 0.1) is 19.9 Å². The summed E-state index contributed by atoms with van der Waals surface area (Å²) in [4.78, 5) is 4.64. The van der Waals surface area contributed by atoms with E-state index in [2.05, 4.69) is 34.1 Å². The van der Waals surface area contributed by atoms with Crippen molar-refractivity contribution in [1.29, 1.82) is 0 Å². The summed E-state index contributed by atoms with van der Waals surface area (Å²) in [7, 11) is 3.40. The van der Waals surface area contributed by atoms with Crippen LogP contribution in [0.1, 0.15) is 11.1 Å². The minimum Gasteiger partial charge on any atom is -0.497 e. The van der Waals surface area contributed by atoms with Crippen LogP contribution < -0.4 is 19.1 Å². The molecule has 0 bridgehead atoms. The Morgan fingerprint density at radius 1 is 0.800 bits per heavy atom. The lowest BCUT2D eigenvalue weighted by atomic mass is 10.0. The summed E-state index contributed by atoms with van der Waals surface area (Å²) >= 11 is 0. The van der Waals surface area contributed by atoms with Crippen molar-refractivity contribution in [2.75, 3.05) is 58.5 Å². The van der Waals surface area contributed by atoms with Gasteiger partial charge in [-0.15, -0.1) is 0 Å². The standard InChI is InChI=1S/C29H36N2O4/c1-33-26-10-7-8-23(20-26)14-15-24-9-3-5-12-28(24)35-22-25(32)21-30-16-18-31(19-17-30)27-11-4-6-13-29(27)34-2/h3-13,20,25,32H,14-19,21-22H2,1-2H3. The zero-order chi connectivity index (χ0) is 24.5. The molecule has 3 aromatic carbocycles. The number of aliphatic hydroxyl groups excluding tert-OH is 1. The summed E-state index contributed by atoms with van der Waals surface area (Å²) < 4.78 is 16.9. The van der Waals surface area contributed by atoms with Crippen molar-refractivity contribution in [2.45, 2.75) is 18.9 Å². The van der Waals surface area contributed by atoms with Gasteiger partial charge in [-0.3, -0.25) is 4.90 Å². The Balaban J connectivity index is 1.24. The zero-order valence-corrected chi connectivity index (χ0v) is 20.7. The predicted octanol–water partition coefficient (Wildman–Crippen LogP) is 4.05. The number of rotatable bonds is 11. The maximum atomic E-state index is 10.7. The largest absolute Gasteiger partial charge is 0.497 e. The molecule has 1 fully saturated rings. The van der Waals surface area contributed by atoms with Crippen molar-refractivity contribution in [3.63, 3.8) is 0 Å². The lowest BCUT2D eigenvalue weighted by Gasteiger charge is -2.37. The van der Waals surface area contributed by atoms with E-state index in [0.717, 1.165) is 67.5 Å². The van der Waals surface area contributed by atoms with Gasteiger partial charge in [-0.2, -0.15) is 0 Å². The van der Waals surface area contributed by atoms with Crippen molar-refractivity contribution < 1.29 is 19.3 Å². The van der Waals surface area contributed by atoms with Gasteiger partial charge in [0.15, 0.2) is 0 Å². The number of hydrogen-bond acceptors (Lipinski definition) is 6. The molecule has 0 aromatic heterocycles. The number of para-hydroxylation sites is 3. The predicted molar refractivity (Wildman–Crippen MR) is 140 cm³/mol.